The van der Waals surface area contributed by atoms with E-state index >= 15 is 0 Å². The summed E-state index contributed by atoms with van der Waals surface area (Å²) in [6.45, 7) is 14.5. The quantitative estimate of drug-likeness (QED) is 0.493. The Morgan fingerprint density at radius 1 is 1.03 bits per heavy atom. The van der Waals surface area contributed by atoms with E-state index in [9.17, 15) is 5.11 Å². The van der Waals surface area contributed by atoms with Gasteiger partial charge in [0.25, 0.3) is 0 Å². The van der Waals surface area contributed by atoms with Crippen molar-refractivity contribution in [2.45, 2.75) is 92.6 Å². The molecule has 0 aromatic rings. The van der Waals surface area contributed by atoms with Crippen molar-refractivity contribution >= 4 is 0 Å². The molecule has 0 unspecified atom stereocenters. The lowest BCUT2D eigenvalue weighted by atomic mass is 9.48. The number of hydrogen-bond acceptors (Lipinski definition) is 1. The summed E-state index contributed by atoms with van der Waals surface area (Å²) in [6, 6.07) is 0. The van der Waals surface area contributed by atoms with E-state index in [1.54, 1.807) is 11.1 Å². The van der Waals surface area contributed by atoms with Gasteiger partial charge in [-0.15, -0.1) is 0 Å². The van der Waals surface area contributed by atoms with Gasteiger partial charge >= 0.3 is 0 Å². The maximum atomic E-state index is 10.2. The number of allylic oxidation sites excluding steroid dienone is 6. The van der Waals surface area contributed by atoms with Gasteiger partial charge in [0.1, 0.15) is 0 Å². The molecule has 0 heterocycles. The number of hydrogen-bond donors (Lipinski definition) is 1. The first-order chi connectivity index (χ1) is 13.7. The summed E-state index contributed by atoms with van der Waals surface area (Å²) in [5.41, 5.74) is 4.26. The minimum atomic E-state index is -0.0484. The summed E-state index contributed by atoms with van der Waals surface area (Å²) in [6.07, 6.45) is 18.5. The fraction of sp³-hybridized carbons (Fsp3) is 0.786. The fourth-order valence-electron chi connectivity index (χ4n) is 7.48. The fourth-order valence-corrected chi connectivity index (χ4v) is 7.48. The van der Waals surface area contributed by atoms with Crippen molar-refractivity contribution in [2.24, 2.45) is 46.3 Å². The van der Waals surface area contributed by atoms with Crippen LogP contribution in [0.25, 0.3) is 0 Å². The number of aliphatic hydroxyl groups is 1. The van der Waals surface area contributed by atoms with E-state index in [4.69, 9.17) is 0 Å². The van der Waals surface area contributed by atoms with Gasteiger partial charge in [0.2, 0.25) is 0 Å². The lowest BCUT2D eigenvalue weighted by Crippen LogP contribution is -2.48. The Hall–Kier alpha value is -0.820. The molecule has 8 atom stereocenters. The average Bonchev–Trinajstić information content (AvgIpc) is 3.03. The van der Waals surface area contributed by atoms with E-state index in [-0.39, 0.29) is 6.10 Å². The second-order valence-corrected chi connectivity index (χ2v) is 11.8. The smallest absolute Gasteiger partial charge is 0.0543 e. The molecule has 1 nitrogen and oxygen atoms in total. The van der Waals surface area contributed by atoms with Crippen molar-refractivity contribution in [1.82, 2.24) is 0 Å². The number of rotatable bonds is 4. The Balaban J connectivity index is 1.59. The standard InChI is InChI=1S/C28H44O/c1-18(2)19(3)7-8-20(4)24-11-12-25-23-10-9-21-17-22(29)13-15-27(21,5)26(23)14-16-28(24,25)6/h7-8,11-12,18-22,24,26,29H,9-10,13-17H2,1-6H3/b8-7+/t19-,20+,21-,22-,24+,26-,27-,28+/m0/s1. The summed E-state index contributed by atoms with van der Waals surface area (Å²) in [5, 5.41) is 10.2. The predicted molar refractivity (Wildman–Crippen MR) is 123 cm³/mol. The Morgan fingerprint density at radius 3 is 2.52 bits per heavy atom. The van der Waals surface area contributed by atoms with Gasteiger partial charge in [0.15, 0.2) is 0 Å². The molecule has 4 aliphatic rings. The zero-order chi connectivity index (χ0) is 21.0. The summed E-state index contributed by atoms with van der Waals surface area (Å²) in [7, 11) is 0. The molecule has 4 rings (SSSR count). The summed E-state index contributed by atoms with van der Waals surface area (Å²) in [5.74, 6) is 4.09. The van der Waals surface area contributed by atoms with Gasteiger partial charge in [-0.25, -0.2) is 0 Å². The molecule has 0 bridgehead atoms. The van der Waals surface area contributed by atoms with Crippen molar-refractivity contribution in [2.75, 3.05) is 0 Å². The van der Waals surface area contributed by atoms with Crippen molar-refractivity contribution in [3.63, 3.8) is 0 Å². The van der Waals surface area contributed by atoms with E-state index in [2.05, 4.69) is 65.8 Å². The first-order valence-corrected chi connectivity index (χ1v) is 12.4. The van der Waals surface area contributed by atoms with Gasteiger partial charge in [0, 0.05) is 0 Å². The molecule has 2 fully saturated rings. The van der Waals surface area contributed by atoms with E-state index in [1.165, 1.54) is 32.1 Å². The van der Waals surface area contributed by atoms with Crippen molar-refractivity contribution in [1.29, 1.82) is 0 Å². The summed E-state index contributed by atoms with van der Waals surface area (Å²) >= 11 is 0. The molecule has 0 amide bonds. The zero-order valence-corrected chi connectivity index (χ0v) is 19.7. The Labute approximate surface area is 179 Å². The van der Waals surface area contributed by atoms with Gasteiger partial charge in [-0.2, -0.15) is 0 Å². The highest BCUT2D eigenvalue weighted by Gasteiger charge is 2.54. The highest BCUT2D eigenvalue weighted by Crippen LogP contribution is 2.64. The lowest BCUT2D eigenvalue weighted by molar-refractivity contribution is -0.0372. The molecule has 0 saturated heterocycles. The Kier molecular flexibility index (Phi) is 5.69. The average molecular weight is 397 g/mol. The molecule has 1 N–H and O–H groups in total. The van der Waals surface area contributed by atoms with Gasteiger partial charge in [-0.05, 0) is 96.9 Å². The number of aliphatic hydroxyl groups excluding tert-OH is 1. The normalized spacial score (nSPS) is 44.0. The van der Waals surface area contributed by atoms with Gasteiger partial charge in [-0.1, -0.05) is 71.4 Å². The summed E-state index contributed by atoms with van der Waals surface area (Å²) < 4.78 is 0. The zero-order valence-electron chi connectivity index (χ0n) is 19.7. The highest BCUT2D eigenvalue weighted by molar-refractivity contribution is 5.44. The number of fused-ring (bicyclic) bond motifs is 4. The molecule has 0 aromatic heterocycles. The van der Waals surface area contributed by atoms with Crippen LogP contribution in [0.3, 0.4) is 0 Å². The van der Waals surface area contributed by atoms with Crippen LogP contribution in [-0.4, -0.2) is 11.2 Å². The molecule has 0 aromatic carbocycles. The molecule has 29 heavy (non-hydrogen) atoms. The second kappa shape index (κ2) is 7.70. The Morgan fingerprint density at radius 2 is 1.79 bits per heavy atom. The molecule has 4 aliphatic carbocycles. The van der Waals surface area contributed by atoms with Crippen LogP contribution in [0.15, 0.2) is 35.5 Å². The Bertz CT molecular complexity index is 712. The molecule has 0 radical (unpaired) electrons. The minimum absolute atomic E-state index is 0.0484. The molecular weight excluding hydrogens is 352 g/mol. The molecular formula is C28H44O. The first kappa shape index (κ1) is 21.4. The van der Waals surface area contributed by atoms with E-state index < -0.39 is 0 Å². The van der Waals surface area contributed by atoms with Crippen LogP contribution in [0.4, 0.5) is 0 Å². The molecule has 2 saturated carbocycles. The topological polar surface area (TPSA) is 20.2 Å². The van der Waals surface area contributed by atoms with E-state index in [1.807, 2.05) is 0 Å². The van der Waals surface area contributed by atoms with Crippen LogP contribution < -0.4 is 0 Å². The molecule has 1 heteroatoms. The maximum absolute atomic E-state index is 10.2. The van der Waals surface area contributed by atoms with Crippen LogP contribution in [0.1, 0.15) is 86.5 Å². The predicted octanol–water partition coefficient (Wildman–Crippen LogP) is 7.33. The monoisotopic (exact) mass is 396 g/mol. The largest absolute Gasteiger partial charge is 0.393 e. The van der Waals surface area contributed by atoms with Gasteiger partial charge in [-0.3, -0.25) is 0 Å². The van der Waals surface area contributed by atoms with Crippen molar-refractivity contribution < 1.29 is 5.11 Å². The third-order valence-electron chi connectivity index (χ3n) is 9.94. The first-order valence-electron chi connectivity index (χ1n) is 12.4. The molecule has 0 spiro atoms. The highest BCUT2D eigenvalue weighted by atomic mass is 16.3. The molecule has 0 aliphatic heterocycles. The van der Waals surface area contributed by atoms with E-state index in [0.717, 1.165) is 24.7 Å². The van der Waals surface area contributed by atoms with Crippen LogP contribution in [0.5, 0.6) is 0 Å². The van der Waals surface area contributed by atoms with Gasteiger partial charge in [0.05, 0.1) is 6.10 Å². The van der Waals surface area contributed by atoms with Crippen LogP contribution >= 0.6 is 0 Å². The van der Waals surface area contributed by atoms with Crippen molar-refractivity contribution in [3.8, 4) is 0 Å². The van der Waals surface area contributed by atoms with E-state index in [0.29, 0.717) is 34.5 Å². The lowest BCUT2D eigenvalue weighted by Gasteiger charge is -2.56. The summed E-state index contributed by atoms with van der Waals surface area (Å²) in [4.78, 5) is 0. The third-order valence-corrected chi connectivity index (χ3v) is 9.94. The second-order valence-electron chi connectivity index (χ2n) is 11.8. The third kappa shape index (κ3) is 3.50. The van der Waals surface area contributed by atoms with Crippen LogP contribution in [0, 0.1) is 46.3 Å². The van der Waals surface area contributed by atoms with Crippen LogP contribution in [0.2, 0.25) is 0 Å². The minimum Gasteiger partial charge on any atom is -0.393 e. The SMILES string of the molecule is CC(C)[C@@H](C)/C=C/[C@@H](C)[C@H]1C=CC2=C3CC[C@H]4C[C@@H](O)CC[C@]4(C)[C@H]3CC[C@@]21C. The maximum Gasteiger partial charge on any atom is 0.0543 e. The van der Waals surface area contributed by atoms with Crippen LogP contribution in [-0.2, 0) is 0 Å². The molecule has 162 valence electrons. The van der Waals surface area contributed by atoms with Gasteiger partial charge < -0.3 is 5.11 Å². The van der Waals surface area contributed by atoms with Crippen molar-refractivity contribution in [3.05, 3.63) is 35.5 Å².